The minimum atomic E-state index is -0.233. The van der Waals surface area contributed by atoms with Crippen molar-refractivity contribution in [2.24, 2.45) is 0 Å². The molecule has 1 aromatic carbocycles. The van der Waals surface area contributed by atoms with Crippen LogP contribution < -0.4 is 5.32 Å². The number of fused-ring (bicyclic) bond motifs is 2. The van der Waals surface area contributed by atoms with Crippen LogP contribution in [0.1, 0.15) is 51.3 Å². The molecule has 5 aromatic rings. The predicted molar refractivity (Wildman–Crippen MR) is 179 cm³/mol. The number of nitrogens with zero attached hydrogens (tertiary/aromatic N) is 4. The van der Waals surface area contributed by atoms with Gasteiger partial charge < -0.3 is 15.2 Å². The molecule has 44 heavy (non-hydrogen) atoms. The third kappa shape index (κ3) is 6.36. The Labute approximate surface area is 258 Å². The van der Waals surface area contributed by atoms with Crippen LogP contribution in [0.15, 0.2) is 79.3 Å². The second-order valence-corrected chi connectivity index (χ2v) is 11.8. The summed E-state index contributed by atoms with van der Waals surface area (Å²) in [5.74, 6) is -0.233. The number of aromatic amines is 2. The lowest BCUT2D eigenvalue weighted by molar-refractivity contribution is 0.334. The number of hydrogen-bond acceptors (Lipinski definition) is 5. The maximum atomic E-state index is 14.9. The Morgan fingerprint density at radius 1 is 1.07 bits per heavy atom. The van der Waals surface area contributed by atoms with E-state index in [9.17, 15) is 4.39 Å². The average Bonchev–Trinajstić information content (AvgIpc) is 3.78. The van der Waals surface area contributed by atoms with E-state index in [1.165, 1.54) is 25.9 Å². The lowest BCUT2D eigenvalue weighted by Gasteiger charge is -2.14. The van der Waals surface area contributed by atoms with Gasteiger partial charge in [-0.25, -0.2) is 4.39 Å². The van der Waals surface area contributed by atoms with Crippen LogP contribution in [0.3, 0.4) is 0 Å². The first-order valence-electron chi connectivity index (χ1n) is 15.5. The Morgan fingerprint density at radius 2 is 1.89 bits per heavy atom. The molecular formula is C36H40FN7. The molecule has 5 heterocycles. The summed E-state index contributed by atoms with van der Waals surface area (Å²) < 4.78 is 14.9. The highest BCUT2D eigenvalue weighted by molar-refractivity contribution is 6.00. The van der Waals surface area contributed by atoms with E-state index in [4.69, 9.17) is 9.97 Å². The number of halogens is 1. The van der Waals surface area contributed by atoms with E-state index in [0.29, 0.717) is 0 Å². The zero-order chi connectivity index (χ0) is 30.6. The van der Waals surface area contributed by atoms with Crippen molar-refractivity contribution >= 4 is 27.4 Å². The molecule has 6 rings (SSSR count). The van der Waals surface area contributed by atoms with E-state index >= 15 is 0 Å². The summed E-state index contributed by atoms with van der Waals surface area (Å²) in [6, 6.07) is 11.7. The van der Waals surface area contributed by atoms with E-state index in [2.05, 4.69) is 70.1 Å². The molecule has 0 unspecified atom stereocenters. The zero-order valence-electron chi connectivity index (χ0n) is 25.8. The van der Waals surface area contributed by atoms with Crippen LogP contribution in [0.4, 0.5) is 4.39 Å². The highest BCUT2D eigenvalue weighted by Gasteiger charge is 2.17. The summed E-state index contributed by atoms with van der Waals surface area (Å²) in [6.45, 7) is 13.6. The van der Waals surface area contributed by atoms with Crippen LogP contribution in [0.5, 0.6) is 0 Å². The highest BCUT2D eigenvalue weighted by atomic mass is 19.1. The topological polar surface area (TPSA) is 85.5 Å². The van der Waals surface area contributed by atoms with Crippen LogP contribution in [0.2, 0.25) is 0 Å². The number of aryl methyl sites for hydroxylation is 1. The molecule has 0 atom stereocenters. The molecule has 0 amide bonds. The van der Waals surface area contributed by atoms with Gasteiger partial charge in [0.25, 0.3) is 0 Å². The van der Waals surface area contributed by atoms with Crippen LogP contribution in [-0.2, 0) is 6.42 Å². The van der Waals surface area contributed by atoms with Crippen molar-refractivity contribution in [3.8, 4) is 22.6 Å². The number of benzene rings is 1. The van der Waals surface area contributed by atoms with Crippen LogP contribution in [0.25, 0.3) is 50.0 Å². The van der Waals surface area contributed by atoms with Crippen molar-refractivity contribution in [1.29, 1.82) is 0 Å². The number of aromatic nitrogens is 5. The van der Waals surface area contributed by atoms with E-state index < -0.39 is 0 Å². The first-order chi connectivity index (χ1) is 21.4. The van der Waals surface area contributed by atoms with Crippen molar-refractivity contribution in [3.05, 3.63) is 96.4 Å². The second-order valence-electron chi connectivity index (χ2n) is 11.8. The fraction of sp³-hybridized carbons (Fsp3) is 0.306. The number of likely N-dealkylation sites (tertiary alicyclic amines) is 1. The Kier molecular flexibility index (Phi) is 8.70. The molecule has 226 valence electrons. The summed E-state index contributed by atoms with van der Waals surface area (Å²) >= 11 is 0. The van der Waals surface area contributed by atoms with E-state index in [1.54, 1.807) is 18.3 Å². The molecule has 7 nitrogen and oxygen atoms in total. The van der Waals surface area contributed by atoms with Crippen LogP contribution in [-0.4, -0.2) is 55.7 Å². The van der Waals surface area contributed by atoms with Crippen molar-refractivity contribution in [3.63, 3.8) is 0 Å². The van der Waals surface area contributed by atoms with Crippen molar-refractivity contribution in [2.75, 3.05) is 19.6 Å². The largest absolute Gasteiger partial charge is 0.383 e. The number of allylic oxidation sites excluding steroid dienone is 4. The molecule has 0 spiro atoms. The molecule has 0 bridgehead atoms. The van der Waals surface area contributed by atoms with Crippen LogP contribution in [0, 0.1) is 5.82 Å². The first-order valence-corrected chi connectivity index (χ1v) is 15.5. The van der Waals surface area contributed by atoms with Gasteiger partial charge in [0.15, 0.2) is 0 Å². The number of hydrogen-bond donors (Lipinski definition) is 3. The molecule has 1 fully saturated rings. The Bertz CT molecular complexity index is 1850. The molecular weight excluding hydrogens is 549 g/mol. The maximum Gasteiger partial charge on any atom is 0.124 e. The molecule has 1 aliphatic heterocycles. The molecule has 1 saturated heterocycles. The normalized spacial score (nSPS) is 14.8. The summed E-state index contributed by atoms with van der Waals surface area (Å²) in [4.78, 5) is 15.4. The van der Waals surface area contributed by atoms with Gasteiger partial charge in [-0.15, -0.1) is 0 Å². The van der Waals surface area contributed by atoms with E-state index in [0.717, 1.165) is 86.4 Å². The van der Waals surface area contributed by atoms with Crippen molar-refractivity contribution in [1.82, 2.24) is 35.4 Å². The quantitative estimate of drug-likeness (QED) is 0.137. The van der Waals surface area contributed by atoms with Gasteiger partial charge in [-0.1, -0.05) is 12.7 Å². The monoisotopic (exact) mass is 589 g/mol. The predicted octanol–water partition coefficient (Wildman–Crippen LogP) is 7.81. The van der Waals surface area contributed by atoms with Crippen molar-refractivity contribution in [2.45, 2.75) is 52.5 Å². The minimum Gasteiger partial charge on any atom is -0.383 e. The molecule has 0 aliphatic carbocycles. The molecule has 4 aromatic heterocycles. The highest BCUT2D eigenvalue weighted by Crippen LogP contribution is 2.34. The van der Waals surface area contributed by atoms with Gasteiger partial charge in [0.05, 0.1) is 28.8 Å². The lowest BCUT2D eigenvalue weighted by atomic mass is 10.0. The van der Waals surface area contributed by atoms with Gasteiger partial charge in [-0.3, -0.25) is 15.1 Å². The summed E-state index contributed by atoms with van der Waals surface area (Å²) in [5, 5.41) is 13.1. The average molecular weight is 590 g/mol. The smallest absolute Gasteiger partial charge is 0.124 e. The fourth-order valence-electron chi connectivity index (χ4n) is 6.10. The van der Waals surface area contributed by atoms with Gasteiger partial charge in [0, 0.05) is 39.8 Å². The van der Waals surface area contributed by atoms with E-state index in [-0.39, 0.29) is 11.9 Å². The fourth-order valence-corrected chi connectivity index (χ4v) is 6.10. The molecule has 0 radical (unpaired) electrons. The van der Waals surface area contributed by atoms with Crippen LogP contribution >= 0.6 is 0 Å². The summed E-state index contributed by atoms with van der Waals surface area (Å²) in [6.07, 6.45) is 13.9. The third-order valence-corrected chi connectivity index (χ3v) is 8.21. The van der Waals surface area contributed by atoms with Crippen molar-refractivity contribution < 1.29 is 4.39 Å². The SMILES string of the molecule is C=C/C(=C\C(=C/C)c1cc2c(-c3cc4c(-c5cc(F)cc(CCCN6CCCC6)c5)nccc4[nH]3)n[nH]c2cn1)NC(C)C. The minimum absolute atomic E-state index is 0.233. The Balaban J connectivity index is 1.32. The second kappa shape index (κ2) is 13.0. The number of pyridine rings is 2. The zero-order valence-corrected chi connectivity index (χ0v) is 25.8. The molecule has 0 saturated carbocycles. The Morgan fingerprint density at radius 3 is 2.66 bits per heavy atom. The molecule has 8 heteroatoms. The van der Waals surface area contributed by atoms with E-state index in [1.807, 2.05) is 31.3 Å². The standard InChI is InChI=1S/C36H40FN7/c1-5-25(19-28(6-2)40-23(3)4)32-20-30-34(22-39-32)42-43-36(30)33-21-29-31(41-33)11-12-38-35(29)26-16-24(17-27(37)18-26)10-9-15-44-13-7-8-14-44/h5-6,11-12,16-23,40-41H,2,7-10,13-15H2,1,3-4H3,(H,42,43)/b25-5+,28-19+. The van der Waals surface area contributed by atoms with Gasteiger partial charge >= 0.3 is 0 Å². The summed E-state index contributed by atoms with van der Waals surface area (Å²) in [5.41, 5.74) is 8.69. The Hall–Kier alpha value is -4.56. The summed E-state index contributed by atoms with van der Waals surface area (Å²) in [7, 11) is 0. The van der Waals surface area contributed by atoms with Gasteiger partial charge in [-0.2, -0.15) is 5.10 Å². The third-order valence-electron chi connectivity index (χ3n) is 8.21. The maximum absolute atomic E-state index is 14.9. The molecule has 1 aliphatic rings. The number of nitrogens with one attached hydrogen (secondary N) is 3. The number of H-pyrrole nitrogens is 2. The number of rotatable bonds is 11. The first kappa shape index (κ1) is 29.5. The van der Waals surface area contributed by atoms with Gasteiger partial charge in [-0.05, 0) is 126 Å². The molecule has 3 N–H and O–H groups in total. The van der Waals surface area contributed by atoms with Gasteiger partial charge in [0.1, 0.15) is 11.5 Å². The lowest BCUT2D eigenvalue weighted by Crippen LogP contribution is -2.20. The van der Waals surface area contributed by atoms with Gasteiger partial charge in [0.2, 0.25) is 0 Å².